The second-order valence-electron chi connectivity index (χ2n) is 6.16. The minimum atomic E-state index is 0.00161. The zero-order valence-electron chi connectivity index (χ0n) is 16.0. The first-order valence-electron chi connectivity index (χ1n) is 9.14. The highest BCUT2D eigenvalue weighted by Gasteiger charge is 2.12. The molecule has 0 aliphatic heterocycles. The molecule has 2 heterocycles. The molecule has 1 amide bonds. The Balaban J connectivity index is 1.49. The third kappa shape index (κ3) is 5.60. The van der Waals surface area contributed by atoms with E-state index in [0.717, 1.165) is 28.3 Å². The number of aromatic amines is 1. The molecule has 0 saturated heterocycles. The molecule has 2 aromatic heterocycles. The summed E-state index contributed by atoms with van der Waals surface area (Å²) in [5, 5.41) is 2.91. The highest BCUT2D eigenvalue weighted by atomic mass is 32.2. The molecule has 0 bridgehead atoms. The summed E-state index contributed by atoms with van der Waals surface area (Å²) in [7, 11) is 0. The molecular weight excluding hydrogens is 374 g/mol. The Hall–Kier alpha value is -2.80. The number of thioether (sulfide) groups is 1. The zero-order valence-corrected chi connectivity index (χ0v) is 16.8. The molecule has 7 heteroatoms. The zero-order chi connectivity index (χ0) is 19.8. The van der Waals surface area contributed by atoms with Crippen molar-refractivity contribution in [1.82, 2.24) is 10.3 Å². The van der Waals surface area contributed by atoms with Crippen LogP contribution in [-0.4, -0.2) is 23.3 Å². The van der Waals surface area contributed by atoms with E-state index in [0.29, 0.717) is 30.5 Å². The molecule has 146 valence electrons. The van der Waals surface area contributed by atoms with Crippen molar-refractivity contribution in [3.63, 3.8) is 0 Å². The number of H-pyrrole nitrogens is 1. The normalized spacial score (nSPS) is 10.6. The van der Waals surface area contributed by atoms with Crippen molar-refractivity contribution in [1.29, 1.82) is 0 Å². The topological polar surface area (TPSA) is 78.5 Å². The van der Waals surface area contributed by atoms with Crippen molar-refractivity contribution in [3.8, 4) is 17.2 Å². The summed E-state index contributed by atoms with van der Waals surface area (Å²) >= 11 is 1.52. The summed E-state index contributed by atoms with van der Waals surface area (Å²) in [4.78, 5) is 19.6. The molecule has 0 aliphatic rings. The lowest BCUT2D eigenvalue weighted by Crippen LogP contribution is -2.25. The van der Waals surface area contributed by atoms with E-state index in [1.807, 2.05) is 62.6 Å². The lowest BCUT2D eigenvalue weighted by Gasteiger charge is -2.03. The van der Waals surface area contributed by atoms with Crippen LogP contribution in [0.25, 0.3) is 11.5 Å². The van der Waals surface area contributed by atoms with E-state index < -0.39 is 0 Å². The lowest BCUT2D eigenvalue weighted by atomic mass is 10.2. The van der Waals surface area contributed by atoms with E-state index in [1.54, 1.807) is 0 Å². The van der Waals surface area contributed by atoms with Crippen LogP contribution in [0.1, 0.15) is 23.9 Å². The number of hydrogen-bond donors (Lipinski definition) is 1. The molecule has 3 rings (SSSR count). The summed E-state index contributed by atoms with van der Waals surface area (Å²) < 4.78 is 11.2. The van der Waals surface area contributed by atoms with Crippen LogP contribution in [0, 0.1) is 6.92 Å². The molecule has 28 heavy (non-hydrogen) atoms. The predicted octanol–water partition coefficient (Wildman–Crippen LogP) is 3.41. The molecule has 0 saturated carbocycles. The lowest BCUT2D eigenvalue weighted by molar-refractivity contribution is -0.378. The fourth-order valence-corrected chi connectivity index (χ4v) is 3.43. The smallest absolute Gasteiger partial charge is 0.230 e. The number of ether oxygens (including phenoxy) is 1. The molecule has 0 unspecified atom stereocenters. The monoisotopic (exact) mass is 398 g/mol. The number of aryl methyl sites for hydroxylation is 1. The average molecular weight is 399 g/mol. The van der Waals surface area contributed by atoms with Gasteiger partial charge in [-0.15, -0.1) is 11.8 Å². The molecule has 0 radical (unpaired) electrons. The Kier molecular flexibility index (Phi) is 7.08. The number of hydrogen-bond acceptors (Lipinski definition) is 5. The quantitative estimate of drug-likeness (QED) is 0.598. The number of nitrogens with one attached hydrogen (secondary N) is 2. The highest BCUT2D eigenvalue weighted by Crippen LogP contribution is 2.25. The molecule has 3 aromatic rings. The molecule has 6 nitrogen and oxygen atoms in total. The van der Waals surface area contributed by atoms with Crippen LogP contribution < -0.4 is 15.0 Å². The maximum Gasteiger partial charge on any atom is 0.230 e. The summed E-state index contributed by atoms with van der Waals surface area (Å²) in [5.41, 5.74) is 2.80. The Morgan fingerprint density at radius 1 is 1.29 bits per heavy atom. The standard InChI is InChI=1S/C21H23N3O3S/c1-3-26-18-8-6-17(7-9-18)21-24-19(15(2)27-21)13-28-14-20(25)23-12-16-5-4-10-22-11-16/h4-11H,3,12-14H2,1-2H3,(H,23,25)/p+1. The molecule has 2 N–H and O–H groups in total. The number of nitrogens with zero attached hydrogens (tertiary/aromatic N) is 1. The molecule has 0 fully saturated rings. The molecule has 0 aliphatic carbocycles. The average Bonchev–Trinajstić information content (AvgIpc) is 3.09. The second-order valence-corrected chi connectivity index (χ2v) is 7.15. The number of rotatable bonds is 9. The van der Waals surface area contributed by atoms with Gasteiger partial charge >= 0.3 is 0 Å². The van der Waals surface area contributed by atoms with Crippen LogP contribution in [-0.2, 0) is 17.1 Å². The van der Waals surface area contributed by atoms with Crippen LogP contribution in [0.5, 0.6) is 5.75 Å². The van der Waals surface area contributed by atoms with Gasteiger partial charge in [0.1, 0.15) is 11.5 Å². The number of aromatic nitrogens is 2. The van der Waals surface area contributed by atoms with E-state index in [4.69, 9.17) is 9.15 Å². The van der Waals surface area contributed by atoms with E-state index in [1.165, 1.54) is 11.8 Å². The van der Waals surface area contributed by atoms with Crippen molar-refractivity contribution in [2.45, 2.75) is 26.1 Å². The maximum atomic E-state index is 12.0. The number of benzene rings is 1. The summed E-state index contributed by atoms with van der Waals surface area (Å²) in [6, 6.07) is 11.5. The van der Waals surface area contributed by atoms with Gasteiger partial charge in [-0.05, 0) is 44.2 Å². The molecule has 1 aromatic carbocycles. The van der Waals surface area contributed by atoms with Gasteiger partial charge in [-0.25, -0.2) is 9.97 Å². The SMILES string of the molecule is CCOc1ccc(-c2nc(CSCC(=O)NCc3ccc[nH+]c3)c(C)o2)cc1. The molecule has 0 spiro atoms. The van der Waals surface area contributed by atoms with E-state index in [9.17, 15) is 4.79 Å². The fraction of sp³-hybridized carbons (Fsp3) is 0.286. The number of oxazole rings is 1. The van der Waals surface area contributed by atoms with Gasteiger partial charge in [-0.3, -0.25) is 4.79 Å². The first-order chi connectivity index (χ1) is 13.7. The van der Waals surface area contributed by atoms with E-state index in [2.05, 4.69) is 15.3 Å². The number of carbonyl (C=O) groups excluding carboxylic acids is 1. The van der Waals surface area contributed by atoms with Crippen molar-refractivity contribution in [3.05, 3.63) is 65.8 Å². The van der Waals surface area contributed by atoms with Crippen LogP contribution in [0.3, 0.4) is 0 Å². The van der Waals surface area contributed by atoms with Gasteiger partial charge in [0.15, 0.2) is 12.4 Å². The predicted molar refractivity (Wildman–Crippen MR) is 109 cm³/mol. The Labute approximate surface area is 168 Å². The molecule has 0 atom stereocenters. The van der Waals surface area contributed by atoms with Gasteiger partial charge < -0.3 is 14.5 Å². The minimum absolute atomic E-state index is 0.00161. The van der Waals surface area contributed by atoms with E-state index >= 15 is 0 Å². The van der Waals surface area contributed by atoms with Crippen molar-refractivity contribution >= 4 is 17.7 Å². The maximum absolute atomic E-state index is 12.0. The highest BCUT2D eigenvalue weighted by molar-refractivity contribution is 7.99. The minimum Gasteiger partial charge on any atom is -0.494 e. The van der Waals surface area contributed by atoms with Gasteiger partial charge in [0.25, 0.3) is 0 Å². The summed E-state index contributed by atoms with van der Waals surface area (Å²) in [6.45, 7) is 5.00. The second kappa shape index (κ2) is 9.94. The third-order valence-electron chi connectivity index (χ3n) is 4.04. The third-order valence-corrected chi connectivity index (χ3v) is 4.98. The van der Waals surface area contributed by atoms with Gasteiger partial charge in [0, 0.05) is 29.5 Å². The summed E-state index contributed by atoms with van der Waals surface area (Å²) in [6.07, 6.45) is 3.71. The Bertz CT molecular complexity index is 895. The van der Waals surface area contributed by atoms with Crippen LogP contribution in [0.4, 0.5) is 0 Å². The number of carbonyl (C=O) groups is 1. The van der Waals surface area contributed by atoms with E-state index in [-0.39, 0.29) is 5.91 Å². The fourth-order valence-electron chi connectivity index (χ4n) is 2.58. The van der Waals surface area contributed by atoms with Gasteiger partial charge in [-0.1, -0.05) is 0 Å². The number of pyridine rings is 1. The number of amides is 1. The summed E-state index contributed by atoms with van der Waals surface area (Å²) in [5.74, 6) is 3.18. The first kappa shape index (κ1) is 19.9. The van der Waals surface area contributed by atoms with Gasteiger partial charge in [0.2, 0.25) is 11.8 Å². The van der Waals surface area contributed by atoms with Gasteiger partial charge in [0.05, 0.1) is 18.1 Å². The van der Waals surface area contributed by atoms with Crippen LogP contribution in [0.2, 0.25) is 0 Å². The molecular formula is C21H24N3O3S+. The van der Waals surface area contributed by atoms with Crippen molar-refractivity contribution < 1.29 is 18.9 Å². The van der Waals surface area contributed by atoms with Crippen molar-refractivity contribution in [2.24, 2.45) is 0 Å². The van der Waals surface area contributed by atoms with Crippen molar-refractivity contribution in [2.75, 3.05) is 12.4 Å². The first-order valence-corrected chi connectivity index (χ1v) is 10.3. The van der Waals surface area contributed by atoms with Gasteiger partial charge in [-0.2, -0.15) is 0 Å². The van der Waals surface area contributed by atoms with Crippen LogP contribution >= 0.6 is 11.8 Å². The largest absolute Gasteiger partial charge is 0.494 e. The Morgan fingerprint density at radius 2 is 2.11 bits per heavy atom. The van der Waals surface area contributed by atoms with Crippen LogP contribution in [0.15, 0.2) is 53.2 Å². The Morgan fingerprint density at radius 3 is 2.82 bits per heavy atom.